The van der Waals surface area contributed by atoms with Gasteiger partial charge < -0.3 is 9.80 Å². The third kappa shape index (κ3) is 4.78. The summed E-state index contributed by atoms with van der Waals surface area (Å²) >= 11 is 0. The highest BCUT2D eigenvalue weighted by molar-refractivity contribution is 7.92. The van der Waals surface area contributed by atoms with E-state index in [0.717, 1.165) is 11.3 Å². The van der Waals surface area contributed by atoms with Crippen molar-refractivity contribution in [2.24, 2.45) is 0 Å². The van der Waals surface area contributed by atoms with Crippen molar-refractivity contribution in [1.82, 2.24) is 9.88 Å². The summed E-state index contributed by atoms with van der Waals surface area (Å²) in [6.07, 6.45) is 2.03. The molecule has 1 amide bonds. The zero-order valence-corrected chi connectivity index (χ0v) is 18.4. The summed E-state index contributed by atoms with van der Waals surface area (Å²) in [6.45, 7) is 9.74. The Bertz CT molecular complexity index is 954. The molecule has 1 aromatic carbocycles. The van der Waals surface area contributed by atoms with Crippen molar-refractivity contribution in [1.29, 1.82) is 0 Å². The number of hydrogen-bond donors (Lipinski definition) is 0. The van der Waals surface area contributed by atoms with Gasteiger partial charge in [-0.25, -0.2) is 13.4 Å². The zero-order valence-electron chi connectivity index (χ0n) is 17.6. The van der Waals surface area contributed by atoms with Gasteiger partial charge in [0.15, 0.2) is 14.9 Å². The minimum atomic E-state index is -3.46. The molecule has 1 aliphatic rings. The highest BCUT2D eigenvalue weighted by Crippen LogP contribution is 2.25. The van der Waals surface area contributed by atoms with Gasteiger partial charge in [-0.15, -0.1) is 0 Å². The lowest BCUT2D eigenvalue weighted by molar-refractivity contribution is -0.130. The van der Waals surface area contributed by atoms with Gasteiger partial charge in [-0.3, -0.25) is 4.79 Å². The number of anilines is 1. The topological polar surface area (TPSA) is 70.6 Å². The highest BCUT2D eigenvalue weighted by Gasteiger charge is 2.32. The first-order valence-corrected chi connectivity index (χ1v) is 11.4. The zero-order chi connectivity index (χ0) is 21.2. The number of sulfone groups is 1. The third-order valence-corrected chi connectivity index (χ3v) is 7.68. The number of hydrogen-bond acceptors (Lipinski definition) is 5. The molecule has 0 bridgehead atoms. The molecule has 0 spiro atoms. The quantitative estimate of drug-likeness (QED) is 0.768. The Hall–Kier alpha value is -2.41. The molecule has 0 N–H and O–H groups in total. The average molecular weight is 416 g/mol. The van der Waals surface area contributed by atoms with Crippen LogP contribution in [-0.2, 0) is 21.1 Å². The van der Waals surface area contributed by atoms with E-state index in [1.165, 1.54) is 5.56 Å². The van der Waals surface area contributed by atoms with Crippen molar-refractivity contribution in [3.63, 3.8) is 0 Å². The fourth-order valence-corrected chi connectivity index (χ4v) is 4.30. The smallest absolute Gasteiger partial charge is 0.227 e. The Morgan fingerprint density at radius 2 is 1.62 bits per heavy atom. The van der Waals surface area contributed by atoms with Crippen molar-refractivity contribution < 1.29 is 13.2 Å². The maximum Gasteiger partial charge on any atom is 0.227 e. The second-order valence-electron chi connectivity index (χ2n) is 8.50. The number of pyridine rings is 1. The standard InChI is InChI=1S/C22H29N3O3S/c1-17-5-7-18(8-6-17)15-21(26)25-13-11-24(12-14-25)19-9-10-20(23-16-19)29(27,28)22(2,3)4/h5-10,16H,11-15H2,1-4H3. The van der Waals surface area contributed by atoms with E-state index in [1.807, 2.05) is 36.1 Å². The minimum Gasteiger partial charge on any atom is -0.367 e. The third-order valence-electron chi connectivity index (χ3n) is 5.28. The predicted molar refractivity (Wildman–Crippen MR) is 115 cm³/mol. The molecule has 7 heteroatoms. The molecule has 1 aliphatic heterocycles. The summed E-state index contributed by atoms with van der Waals surface area (Å²) in [6, 6.07) is 11.4. The predicted octanol–water partition coefficient (Wildman–Crippen LogP) is 2.85. The van der Waals surface area contributed by atoms with Crippen LogP contribution < -0.4 is 4.90 Å². The number of benzene rings is 1. The van der Waals surface area contributed by atoms with Crippen LogP contribution in [0.3, 0.4) is 0 Å². The number of nitrogens with zero attached hydrogens (tertiary/aromatic N) is 3. The van der Waals surface area contributed by atoms with Gasteiger partial charge in [0.25, 0.3) is 0 Å². The van der Waals surface area contributed by atoms with Crippen LogP contribution in [0.4, 0.5) is 5.69 Å². The second-order valence-corrected chi connectivity index (χ2v) is 11.2. The number of piperazine rings is 1. The molecule has 0 aliphatic carbocycles. The van der Waals surface area contributed by atoms with E-state index in [4.69, 9.17) is 0 Å². The first-order valence-electron chi connectivity index (χ1n) is 9.87. The summed E-state index contributed by atoms with van der Waals surface area (Å²) in [5.41, 5.74) is 3.09. The van der Waals surface area contributed by atoms with E-state index in [9.17, 15) is 13.2 Å². The Labute approximate surface area is 173 Å². The molecular formula is C22H29N3O3S. The van der Waals surface area contributed by atoms with Gasteiger partial charge in [-0.05, 0) is 45.4 Å². The van der Waals surface area contributed by atoms with Crippen LogP contribution >= 0.6 is 0 Å². The maximum atomic E-state index is 12.6. The van der Waals surface area contributed by atoms with Crippen LogP contribution in [0.2, 0.25) is 0 Å². The largest absolute Gasteiger partial charge is 0.367 e. The Balaban J connectivity index is 1.59. The first kappa shape index (κ1) is 21.3. The molecule has 3 rings (SSSR count). The lowest BCUT2D eigenvalue weighted by Gasteiger charge is -2.36. The number of aryl methyl sites for hydroxylation is 1. The van der Waals surface area contributed by atoms with Crippen LogP contribution in [-0.4, -0.2) is 55.1 Å². The minimum absolute atomic E-state index is 0.0978. The average Bonchev–Trinajstić information content (AvgIpc) is 2.69. The number of carbonyl (C=O) groups is 1. The fourth-order valence-electron chi connectivity index (χ4n) is 3.24. The first-order chi connectivity index (χ1) is 13.6. The van der Waals surface area contributed by atoms with Crippen LogP contribution in [0.5, 0.6) is 0 Å². The number of amides is 1. The van der Waals surface area contributed by atoms with Crippen molar-refractivity contribution in [2.75, 3.05) is 31.1 Å². The van der Waals surface area contributed by atoms with Gasteiger partial charge in [0.1, 0.15) is 0 Å². The normalized spacial score (nSPS) is 15.4. The van der Waals surface area contributed by atoms with E-state index >= 15 is 0 Å². The van der Waals surface area contributed by atoms with E-state index < -0.39 is 14.6 Å². The Morgan fingerprint density at radius 1 is 1.00 bits per heavy atom. The van der Waals surface area contributed by atoms with E-state index in [1.54, 1.807) is 39.1 Å². The summed E-state index contributed by atoms with van der Waals surface area (Å²) < 4.78 is 24.1. The van der Waals surface area contributed by atoms with Gasteiger partial charge in [-0.1, -0.05) is 29.8 Å². The lowest BCUT2D eigenvalue weighted by Crippen LogP contribution is -2.49. The molecule has 29 heavy (non-hydrogen) atoms. The molecule has 2 aromatic rings. The van der Waals surface area contributed by atoms with Crippen LogP contribution in [0, 0.1) is 6.92 Å². The van der Waals surface area contributed by atoms with Gasteiger partial charge in [-0.2, -0.15) is 0 Å². The molecule has 0 saturated carbocycles. The molecule has 0 unspecified atom stereocenters. The fraction of sp³-hybridized carbons (Fsp3) is 0.455. The van der Waals surface area contributed by atoms with Crippen molar-refractivity contribution >= 4 is 21.4 Å². The number of rotatable bonds is 4. The maximum absolute atomic E-state index is 12.6. The van der Waals surface area contributed by atoms with Gasteiger partial charge in [0.2, 0.25) is 5.91 Å². The van der Waals surface area contributed by atoms with Crippen LogP contribution in [0.1, 0.15) is 31.9 Å². The van der Waals surface area contributed by atoms with Crippen molar-refractivity contribution in [2.45, 2.75) is 43.9 Å². The van der Waals surface area contributed by atoms with Crippen molar-refractivity contribution in [3.8, 4) is 0 Å². The molecule has 1 aromatic heterocycles. The SMILES string of the molecule is Cc1ccc(CC(=O)N2CCN(c3ccc(S(=O)(=O)C(C)(C)C)nc3)CC2)cc1. The molecule has 0 radical (unpaired) electrons. The molecular weight excluding hydrogens is 386 g/mol. The summed E-state index contributed by atoms with van der Waals surface area (Å²) in [7, 11) is -3.46. The number of carbonyl (C=O) groups excluding carboxylic acids is 1. The molecule has 156 valence electrons. The van der Waals surface area contributed by atoms with E-state index in [-0.39, 0.29) is 10.9 Å². The molecule has 1 fully saturated rings. The molecule has 1 saturated heterocycles. The highest BCUT2D eigenvalue weighted by atomic mass is 32.2. The monoisotopic (exact) mass is 415 g/mol. The van der Waals surface area contributed by atoms with E-state index in [2.05, 4.69) is 9.88 Å². The van der Waals surface area contributed by atoms with Gasteiger partial charge in [0.05, 0.1) is 23.1 Å². The van der Waals surface area contributed by atoms with Gasteiger partial charge in [0, 0.05) is 26.2 Å². The summed E-state index contributed by atoms with van der Waals surface area (Å²) in [5.74, 6) is 0.137. The van der Waals surface area contributed by atoms with Crippen LogP contribution in [0.15, 0.2) is 47.6 Å². The summed E-state index contributed by atoms with van der Waals surface area (Å²) in [4.78, 5) is 20.8. The number of aromatic nitrogens is 1. The van der Waals surface area contributed by atoms with Gasteiger partial charge >= 0.3 is 0 Å². The summed E-state index contributed by atoms with van der Waals surface area (Å²) in [5, 5.41) is 0.0978. The molecule has 6 nitrogen and oxygen atoms in total. The lowest BCUT2D eigenvalue weighted by atomic mass is 10.1. The Kier molecular flexibility index (Phi) is 5.98. The van der Waals surface area contributed by atoms with E-state index in [0.29, 0.717) is 32.6 Å². The van der Waals surface area contributed by atoms with Crippen LogP contribution in [0.25, 0.3) is 0 Å². The Morgan fingerprint density at radius 3 is 2.14 bits per heavy atom. The molecule has 0 atom stereocenters. The molecule has 2 heterocycles. The second kappa shape index (κ2) is 8.14. The van der Waals surface area contributed by atoms with Crippen molar-refractivity contribution in [3.05, 3.63) is 53.7 Å².